The fourth-order valence-corrected chi connectivity index (χ4v) is 2.52. The lowest BCUT2D eigenvalue weighted by atomic mass is 10.1. The molecular weight excluding hydrogens is 303 g/mol. The zero-order chi connectivity index (χ0) is 15.2. The van der Waals surface area contributed by atoms with Gasteiger partial charge in [-0.15, -0.1) is 11.6 Å². The number of anilines is 1. The minimum Gasteiger partial charge on any atom is -0.355 e. The third-order valence-corrected chi connectivity index (χ3v) is 3.87. The molecule has 1 heterocycles. The van der Waals surface area contributed by atoms with E-state index in [0.717, 1.165) is 41.5 Å². The number of benzene rings is 1. The molecule has 2 aromatic rings. The van der Waals surface area contributed by atoms with Crippen LogP contribution >= 0.6 is 23.2 Å². The van der Waals surface area contributed by atoms with Gasteiger partial charge in [-0.2, -0.15) is 0 Å². The molecule has 0 saturated carbocycles. The van der Waals surface area contributed by atoms with Crippen LogP contribution in [-0.4, -0.2) is 12.0 Å². The van der Waals surface area contributed by atoms with Gasteiger partial charge < -0.3 is 4.90 Å². The molecule has 0 amide bonds. The van der Waals surface area contributed by atoms with Crippen molar-refractivity contribution < 1.29 is 0 Å². The molecule has 1 aromatic carbocycles. The van der Waals surface area contributed by atoms with E-state index in [9.17, 15) is 0 Å². The molecule has 1 aromatic heterocycles. The number of nitrogens with zero attached hydrogens (tertiary/aromatic N) is 2. The van der Waals surface area contributed by atoms with Gasteiger partial charge in [-0.1, -0.05) is 37.1 Å². The van der Waals surface area contributed by atoms with E-state index in [1.807, 2.05) is 31.3 Å². The molecule has 0 aliphatic heterocycles. The van der Waals surface area contributed by atoms with Crippen LogP contribution in [0.25, 0.3) is 0 Å². The number of halogens is 2. The first-order valence-corrected chi connectivity index (χ1v) is 8.05. The van der Waals surface area contributed by atoms with E-state index in [-0.39, 0.29) is 0 Å². The highest BCUT2D eigenvalue weighted by Crippen LogP contribution is 2.19. The molecule has 0 unspecified atom stereocenters. The third-order valence-electron chi connectivity index (χ3n) is 3.31. The Bertz CT molecular complexity index is 582. The Labute approximate surface area is 136 Å². The number of aryl methyl sites for hydroxylation is 1. The van der Waals surface area contributed by atoms with Crippen molar-refractivity contribution in [3.63, 3.8) is 0 Å². The second kappa shape index (κ2) is 7.67. The summed E-state index contributed by atoms with van der Waals surface area (Å²) < 4.78 is 0. The Balaban J connectivity index is 2.19. The average molecular weight is 323 g/mol. The van der Waals surface area contributed by atoms with Gasteiger partial charge in [0, 0.05) is 30.2 Å². The maximum Gasteiger partial charge on any atom is 0.129 e. The summed E-state index contributed by atoms with van der Waals surface area (Å²) in [4.78, 5) is 6.86. The maximum absolute atomic E-state index is 5.99. The van der Waals surface area contributed by atoms with Gasteiger partial charge in [0.05, 0.1) is 0 Å². The summed E-state index contributed by atoms with van der Waals surface area (Å²) in [7, 11) is 2.05. The molecule has 0 radical (unpaired) electrons. The Morgan fingerprint density at radius 2 is 1.81 bits per heavy atom. The van der Waals surface area contributed by atoms with Crippen molar-refractivity contribution in [2.45, 2.75) is 32.2 Å². The van der Waals surface area contributed by atoms with E-state index in [1.54, 1.807) is 0 Å². The van der Waals surface area contributed by atoms with Gasteiger partial charge in [0.1, 0.15) is 5.82 Å². The Morgan fingerprint density at radius 3 is 2.43 bits per heavy atom. The summed E-state index contributed by atoms with van der Waals surface area (Å²) in [6.45, 7) is 2.95. The van der Waals surface area contributed by atoms with Crippen LogP contribution in [0.1, 0.15) is 30.2 Å². The third kappa shape index (κ3) is 4.62. The van der Waals surface area contributed by atoms with Gasteiger partial charge in [0.15, 0.2) is 0 Å². The van der Waals surface area contributed by atoms with Crippen molar-refractivity contribution in [2.75, 3.05) is 11.9 Å². The quantitative estimate of drug-likeness (QED) is 0.691. The minimum absolute atomic E-state index is 0.515. The number of hydrogen-bond acceptors (Lipinski definition) is 2. The first-order valence-electron chi connectivity index (χ1n) is 7.13. The molecule has 0 fully saturated rings. The van der Waals surface area contributed by atoms with Gasteiger partial charge in [-0.3, -0.25) is 0 Å². The van der Waals surface area contributed by atoms with Crippen LogP contribution in [-0.2, 0) is 18.8 Å². The van der Waals surface area contributed by atoms with E-state index in [1.165, 1.54) is 5.56 Å². The van der Waals surface area contributed by atoms with Gasteiger partial charge in [-0.25, -0.2) is 4.98 Å². The highest BCUT2D eigenvalue weighted by molar-refractivity contribution is 6.30. The molecule has 2 nitrogen and oxygen atoms in total. The normalized spacial score (nSPS) is 10.7. The summed E-state index contributed by atoms with van der Waals surface area (Å²) in [5.41, 5.74) is 3.43. The van der Waals surface area contributed by atoms with Crippen LogP contribution in [0.3, 0.4) is 0 Å². The SMILES string of the molecule is CCCc1cc(CCl)cc(N(C)Cc2ccc(Cl)cc2)n1. The largest absolute Gasteiger partial charge is 0.355 e. The Kier molecular flexibility index (Phi) is 5.89. The zero-order valence-electron chi connectivity index (χ0n) is 12.4. The van der Waals surface area contributed by atoms with Gasteiger partial charge >= 0.3 is 0 Å². The van der Waals surface area contributed by atoms with Crippen molar-refractivity contribution in [3.8, 4) is 0 Å². The predicted octanol–water partition coefficient (Wildman–Crippen LogP) is 5.06. The number of hydrogen-bond donors (Lipinski definition) is 0. The molecule has 0 atom stereocenters. The fourth-order valence-electron chi connectivity index (χ4n) is 2.23. The topological polar surface area (TPSA) is 16.1 Å². The first kappa shape index (κ1) is 16.1. The molecule has 21 heavy (non-hydrogen) atoms. The fraction of sp³-hybridized carbons (Fsp3) is 0.353. The monoisotopic (exact) mass is 322 g/mol. The maximum atomic E-state index is 5.99. The van der Waals surface area contributed by atoms with Crippen molar-refractivity contribution in [1.82, 2.24) is 4.98 Å². The minimum atomic E-state index is 0.515. The Hall–Kier alpha value is -1.25. The lowest BCUT2D eigenvalue weighted by Gasteiger charge is -2.20. The number of aromatic nitrogens is 1. The summed E-state index contributed by atoms with van der Waals surface area (Å²) in [5, 5.41) is 0.758. The van der Waals surface area contributed by atoms with Crippen LogP contribution in [0.2, 0.25) is 5.02 Å². The standard InChI is InChI=1S/C17H20Cl2N2/c1-3-4-16-9-14(11-18)10-17(20-16)21(2)12-13-5-7-15(19)8-6-13/h5-10H,3-4,11-12H2,1-2H3. The predicted molar refractivity (Wildman–Crippen MR) is 91.3 cm³/mol. The summed E-state index contributed by atoms with van der Waals surface area (Å²) in [5.74, 6) is 1.48. The second-order valence-electron chi connectivity index (χ2n) is 5.19. The van der Waals surface area contributed by atoms with Crippen molar-refractivity contribution in [2.24, 2.45) is 0 Å². The number of rotatable bonds is 6. The van der Waals surface area contributed by atoms with Crippen molar-refractivity contribution >= 4 is 29.0 Å². The second-order valence-corrected chi connectivity index (χ2v) is 5.89. The lowest BCUT2D eigenvalue weighted by Crippen LogP contribution is -2.18. The first-order chi connectivity index (χ1) is 10.1. The molecule has 0 spiro atoms. The van der Waals surface area contributed by atoms with E-state index in [4.69, 9.17) is 28.2 Å². The molecule has 0 bridgehead atoms. The zero-order valence-corrected chi connectivity index (χ0v) is 14.0. The molecule has 0 saturated heterocycles. The molecule has 0 aliphatic carbocycles. The molecule has 112 valence electrons. The highest BCUT2D eigenvalue weighted by Gasteiger charge is 2.07. The van der Waals surface area contributed by atoms with Crippen molar-refractivity contribution in [3.05, 3.63) is 58.2 Å². The van der Waals surface area contributed by atoms with Crippen molar-refractivity contribution in [1.29, 1.82) is 0 Å². The van der Waals surface area contributed by atoms with Gasteiger partial charge in [0.2, 0.25) is 0 Å². The summed E-state index contributed by atoms with van der Waals surface area (Å²) in [6, 6.07) is 12.1. The Morgan fingerprint density at radius 1 is 1.10 bits per heavy atom. The number of pyridine rings is 1. The average Bonchev–Trinajstić information content (AvgIpc) is 2.49. The van der Waals surface area contributed by atoms with E-state index in [2.05, 4.69) is 24.0 Å². The van der Waals surface area contributed by atoms with Crippen LogP contribution in [0.15, 0.2) is 36.4 Å². The summed E-state index contributed by atoms with van der Waals surface area (Å²) in [6.07, 6.45) is 2.06. The van der Waals surface area contributed by atoms with Crippen LogP contribution in [0.4, 0.5) is 5.82 Å². The van der Waals surface area contributed by atoms with Crippen LogP contribution in [0.5, 0.6) is 0 Å². The molecule has 0 aliphatic rings. The number of alkyl halides is 1. The van der Waals surface area contributed by atoms with E-state index < -0.39 is 0 Å². The van der Waals surface area contributed by atoms with Gasteiger partial charge in [-0.05, 0) is 41.8 Å². The van der Waals surface area contributed by atoms with E-state index in [0.29, 0.717) is 5.88 Å². The molecule has 0 N–H and O–H groups in total. The lowest BCUT2D eigenvalue weighted by molar-refractivity contribution is 0.846. The van der Waals surface area contributed by atoms with Crippen LogP contribution in [0, 0.1) is 0 Å². The molecular formula is C17H20Cl2N2. The van der Waals surface area contributed by atoms with E-state index >= 15 is 0 Å². The van der Waals surface area contributed by atoms with Gasteiger partial charge in [0.25, 0.3) is 0 Å². The van der Waals surface area contributed by atoms with Crippen LogP contribution < -0.4 is 4.90 Å². The summed E-state index contributed by atoms with van der Waals surface area (Å²) >= 11 is 11.9. The molecule has 2 rings (SSSR count). The molecule has 4 heteroatoms. The smallest absolute Gasteiger partial charge is 0.129 e. The highest BCUT2D eigenvalue weighted by atomic mass is 35.5.